The van der Waals surface area contributed by atoms with Crippen molar-refractivity contribution >= 4 is 16.0 Å². The summed E-state index contributed by atoms with van der Waals surface area (Å²) in [5, 5.41) is 8.77. The first-order valence-electron chi connectivity index (χ1n) is 3.98. The Morgan fingerprint density at radius 2 is 2.07 bits per heavy atom. The van der Waals surface area contributed by atoms with Gasteiger partial charge >= 0.3 is 5.97 Å². The molecule has 0 aromatic carbocycles. The third-order valence-electron chi connectivity index (χ3n) is 1.73. The highest BCUT2D eigenvalue weighted by atomic mass is 32.2. The molecule has 7 heteroatoms. The highest BCUT2D eigenvalue weighted by molar-refractivity contribution is 7.89. The number of hydrogen-bond donors (Lipinski definition) is 1. The van der Waals surface area contributed by atoms with E-state index in [-0.39, 0.29) is 4.90 Å². The summed E-state index contributed by atoms with van der Waals surface area (Å²) < 4.78 is 24.3. The van der Waals surface area contributed by atoms with Crippen LogP contribution in [0.1, 0.15) is 10.5 Å². The molecule has 0 bridgehead atoms. The van der Waals surface area contributed by atoms with E-state index in [4.69, 9.17) is 5.11 Å². The van der Waals surface area contributed by atoms with Crippen molar-refractivity contribution in [3.63, 3.8) is 0 Å². The van der Waals surface area contributed by atoms with E-state index < -0.39 is 21.7 Å². The molecule has 0 spiro atoms. The second-order valence-electron chi connectivity index (χ2n) is 2.94. The third-order valence-corrected chi connectivity index (χ3v) is 3.58. The maximum absolute atomic E-state index is 11.7. The number of carboxylic acids is 1. The van der Waals surface area contributed by atoms with Crippen LogP contribution < -0.4 is 0 Å². The van der Waals surface area contributed by atoms with Gasteiger partial charge in [0.15, 0.2) is 5.69 Å². The summed E-state index contributed by atoms with van der Waals surface area (Å²) in [6.07, 6.45) is 1.23. The lowest BCUT2D eigenvalue weighted by Crippen LogP contribution is -2.24. The van der Waals surface area contributed by atoms with Crippen LogP contribution in [0, 0.1) is 0 Å². The number of carbonyl (C=O) groups is 1. The zero-order valence-electron chi connectivity index (χ0n) is 8.21. The summed E-state index contributed by atoms with van der Waals surface area (Å²) in [5.41, 5.74) is -0.466. The molecule has 0 amide bonds. The van der Waals surface area contributed by atoms with E-state index in [1.165, 1.54) is 32.4 Å². The molecule has 0 saturated heterocycles. The molecule has 1 aromatic heterocycles. The summed E-state index contributed by atoms with van der Waals surface area (Å²) in [5.74, 6) is -1.36. The van der Waals surface area contributed by atoms with Crippen LogP contribution in [-0.4, -0.2) is 42.9 Å². The van der Waals surface area contributed by atoms with Gasteiger partial charge in [-0.3, -0.25) is 0 Å². The molecule has 15 heavy (non-hydrogen) atoms. The monoisotopic (exact) mass is 230 g/mol. The number of rotatable bonds is 3. The van der Waals surface area contributed by atoms with Crippen LogP contribution in [0.4, 0.5) is 0 Å². The van der Waals surface area contributed by atoms with Gasteiger partial charge in [-0.05, 0) is 12.1 Å². The lowest BCUT2D eigenvalue weighted by molar-refractivity contribution is 0.0685. The van der Waals surface area contributed by atoms with Gasteiger partial charge in [0, 0.05) is 20.3 Å². The normalized spacial score (nSPS) is 11.7. The number of carboxylic acid groups (broad SMARTS) is 1. The maximum Gasteiger partial charge on any atom is 0.355 e. The molecular weight excluding hydrogens is 220 g/mol. The van der Waals surface area contributed by atoms with Crippen molar-refractivity contribution in [1.82, 2.24) is 9.29 Å². The van der Waals surface area contributed by atoms with E-state index in [0.29, 0.717) is 0 Å². The summed E-state index contributed by atoms with van der Waals surface area (Å²) in [6, 6.07) is 2.59. The fourth-order valence-corrected chi connectivity index (χ4v) is 1.98. The number of nitrogens with zero attached hydrogens (tertiary/aromatic N) is 2. The van der Waals surface area contributed by atoms with Crippen LogP contribution in [0.2, 0.25) is 0 Å². The zero-order valence-corrected chi connectivity index (χ0v) is 9.02. The Morgan fingerprint density at radius 1 is 1.47 bits per heavy atom. The summed E-state index contributed by atoms with van der Waals surface area (Å²) >= 11 is 0. The van der Waals surface area contributed by atoms with E-state index in [1.54, 1.807) is 0 Å². The molecule has 0 radical (unpaired) electrons. The number of aromatic carboxylic acids is 1. The Labute approximate surface area is 87.2 Å². The minimum absolute atomic E-state index is 0.303. The molecule has 1 N–H and O–H groups in total. The Bertz CT molecular complexity index is 481. The summed E-state index contributed by atoms with van der Waals surface area (Å²) in [4.78, 5) is 14.0. The highest BCUT2D eigenvalue weighted by Crippen LogP contribution is 2.15. The Balaban J connectivity index is 3.45. The van der Waals surface area contributed by atoms with Crippen LogP contribution in [0.5, 0.6) is 0 Å². The van der Waals surface area contributed by atoms with E-state index >= 15 is 0 Å². The van der Waals surface area contributed by atoms with E-state index in [2.05, 4.69) is 4.98 Å². The van der Waals surface area contributed by atoms with Crippen molar-refractivity contribution in [3.8, 4) is 0 Å². The Kier molecular flexibility index (Phi) is 3.06. The Hall–Kier alpha value is -1.47. The fraction of sp³-hybridized carbons (Fsp3) is 0.250. The van der Waals surface area contributed by atoms with Gasteiger partial charge in [-0.25, -0.2) is 22.5 Å². The lowest BCUT2D eigenvalue weighted by atomic mass is 10.3. The van der Waals surface area contributed by atoms with Gasteiger partial charge in [-0.1, -0.05) is 0 Å². The molecule has 0 saturated carbocycles. The predicted octanol–water partition coefficient (Wildman–Crippen LogP) is 0.0301. The fourth-order valence-electron chi connectivity index (χ4n) is 0.956. The van der Waals surface area contributed by atoms with Crippen molar-refractivity contribution in [2.45, 2.75) is 4.90 Å². The number of pyridine rings is 1. The van der Waals surface area contributed by atoms with Gasteiger partial charge in [-0.15, -0.1) is 0 Å². The molecule has 0 atom stereocenters. The van der Waals surface area contributed by atoms with Crippen LogP contribution in [-0.2, 0) is 10.0 Å². The zero-order chi connectivity index (χ0) is 11.6. The van der Waals surface area contributed by atoms with Crippen LogP contribution >= 0.6 is 0 Å². The Morgan fingerprint density at radius 3 is 2.53 bits per heavy atom. The van der Waals surface area contributed by atoms with Crippen molar-refractivity contribution in [3.05, 3.63) is 24.0 Å². The minimum Gasteiger partial charge on any atom is -0.476 e. The first-order chi connectivity index (χ1) is 6.87. The molecule has 0 aliphatic heterocycles. The molecule has 1 rings (SSSR count). The van der Waals surface area contributed by atoms with Crippen molar-refractivity contribution in [1.29, 1.82) is 0 Å². The largest absolute Gasteiger partial charge is 0.476 e. The van der Waals surface area contributed by atoms with Crippen LogP contribution in [0.3, 0.4) is 0 Å². The molecule has 1 aromatic rings. The molecule has 1 heterocycles. The van der Waals surface area contributed by atoms with Gasteiger partial charge in [0.05, 0.1) is 0 Å². The molecule has 6 nitrogen and oxygen atoms in total. The van der Waals surface area contributed by atoms with Crippen molar-refractivity contribution < 1.29 is 18.3 Å². The van der Waals surface area contributed by atoms with E-state index in [1.807, 2.05) is 0 Å². The van der Waals surface area contributed by atoms with Gasteiger partial charge in [-0.2, -0.15) is 0 Å². The molecule has 0 unspecified atom stereocenters. The smallest absolute Gasteiger partial charge is 0.355 e. The second-order valence-corrected chi connectivity index (χ2v) is 5.06. The molecular formula is C8H10N2O4S. The molecule has 0 fully saturated rings. The standard InChI is InChI=1S/C8H10N2O4S/c1-10(2)15(13,14)6-4-3-5-9-7(6)8(11)12/h3-5H,1-2H3,(H,11,12). The highest BCUT2D eigenvalue weighted by Gasteiger charge is 2.24. The molecule has 0 aliphatic carbocycles. The van der Waals surface area contributed by atoms with Gasteiger partial charge in [0.25, 0.3) is 0 Å². The SMILES string of the molecule is CN(C)S(=O)(=O)c1cccnc1C(=O)O. The lowest BCUT2D eigenvalue weighted by Gasteiger charge is -2.12. The predicted molar refractivity (Wildman–Crippen MR) is 52.1 cm³/mol. The van der Waals surface area contributed by atoms with Crippen LogP contribution in [0.25, 0.3) is 0 Å². The second kappa shape index (κ2) is 3.95. The van der Waals surface area contributed by atoms with E-state index in [9.17, 15) is 13.2 Å². The first-order valence-corrected chi connectivity index (χ1v) is 5.42. The maximum atomic E-state index is 11.7. The molecule has 82 valence electrons. The number of hydrogen-bond acceptors (Lipinski definition) is 4. The topological polar surface area (TPSA) is 87.6 Å². The summed E-state index contributed by atoms with van der Waals surface area (Å²) in [6.45, 7) is 0. The van der Waals surface area contributed by atoms with Crippen LogP contribution in [0.15, 0.2) is 23.2 Å². The van der Waals surface area contributed by atoms with E-state index in [0.717, 1.165) is 4.31 Å². The van der Waals surface area contributed by atoms with Gasteiger partial charge in [0.2, 0.25) is 10.0 Å². The number of sulfonamides is 1. The number of aromatic nitrogens is 1. The quantitative estimate of drug-likeness (QED) is 0.791. The van der Waals surface area contributed by atoms with Gasteiger partial charge < -0.3 is 5.11 Å². The minimum atomic E-state index is -3.76. The third kappa shape index (κ3) is 2.13. The summed E-state index contributed by atoms with van der Waals surface area (Å²) in [7, 11) is -1.11. The average Bonchev–Trinajstić information content (AvgIpc) is 2.17. The average molecular weight is 230 g/mol. The van der Waals surface area contributed by atoms with Crippen molar-refractivity contribution in [2.75, 3.05) is 14.1 Å². The molecule has 0 aliphatic rings. The van der Waals surface area contributed by atoms with Crippen molar-refractivity contribution in [2.24, 2.45) is 0 Å². The first kappa shape index (κ1) is 11.6. The van der Waals surface area contributed by atoms with Gasteiger partial charge in [0.1, 0.15) is 4.90 Å².